The van der Waals surface area contributed by atoms with Crippen molar-refractivity contribution >= 4 is 23.4 Å². The highest BCUT2D eigenvalue weighted by Crippen LogP contribution is 2.18. The summed E-state index contributed by atoms with van der Waals surface area (Å²) in [5.74, 6) is -0.609. The molecule has 3 N–H and O–H groups in total. The Balaban J connectivity index is 0.00000259. The van der Waals surface area contributed by atoms with Gasteiger partial charge in [-0.3, -0.25) is 18.8 Å². The lowest BCUT2D eigenvalue weighted by molar-refractivity contribution is -0.143. The van der Waals surface area contributed by atoms with E-state index in [-0.39, 0.29) is 24.6 Å². The third-order valence-corrected chi connectivity index (χ3v) is 6.42. The van der Waals surface area contributed by atoms with Gasteiger partial charge in [-0.25, -0.2) is 4.79 Å². The highest BCUT2D eigenvalue weighted by atomic mass is 16.5. The number of aromatic nitrogens is 1. The Morgan fingerprint density at radius 1 is 0.864 bits per heavy atom. The molecule has 0 bridgehead atoms. The van der Waals surface area contributed by atoms with Crippen molar-refractivity contribution in [3.05, 3.63) is 118 Å². The average molecular weight is 601 g/mol. The van der Waals surface area contributed by atoms with E-state index in [1.54, 1.807) is 37.3 Å². The molecule has 4 aromatic rings. The smallest absolute Gasteiger partial charge is 0.315 e. The molecule has 44 heavy (non-hydrogen) atoms. The number of urea groups is 1. The van der Waals surface area contributed by atoms with Crippen LogP contribution in [-0.4, -0.2) is 42.1 Å². The van der Waals surface area contributed by atoms with Crippen LogP contribution in [0.15, 0.2) is 95.9 Å². The number of rotatable bonds is 13. The van der Waals surface area contributed by atoms with Gasteiger partial charge in [0, 0.05) is 18.6 Å². The van der Waals surface area contributed by atoms with Crippen LogP contribution >= 0.6 is 0 Å². The number of fused-ring (bicyclic) bond motifs is 1. The fraction of sp³-hybridized carbons (Fsp3) is 0.294. The maximum absolute atomic E-state index is 13.3. The van der Waals surface area contributed by atoms with Crippen molar-refractivity contribution in [1.82, 2.24) is 20.4 Å². The molecule has 2 aromatic carbocycles. The van der Waals surface area contributed by atoms with Crippen molar-refractivity contribution in [3.63, 3.8) is 0 Å². The van der Waals surface area contributed by atoms with E-state index in [4.69, 9.17) is 9.47 Å². The molecule has 232 valence electrons. The van der Waals surface area contributed by atoms with Crippen molar-refractivity contribution in [2.45, 2.75) is 46.2 Å². The fourth-order valence-electron chi connectivity index (χ4n) is 4.30. The standard InChI is InChI=1S/C32H34N4O6.C2H6/c1-2-41-29(37)20-28(24-12-7-4-8-13-24)35-30(38)27-17-15-25-14-16-26(22-36(25)31(27)39)42-19-9-18-33-32(40)34-21-23-10-5-3-6-11-23;1-2/h3-8,10-17,22,28H,2,9,18-21H2,1H3,(H,35,38)(H2,33,34,40);1-2H3. The Morgan fingerprint density at radius 2 is 1.55 bits per heavy atom. The lowest BCUT2D eigenvalue weighted by atomic mass is 10.0. The van der Waals surface area contributed by atoms with Crippen molar-refractivity contribution in [2.24, 2.45) is 0 Å². The lowest BCUT2D eigenvalue weighted by Gasteiger charge is -2.18. The van der Waals surface area contributed by atoms with Gasteiger partial charge in [-0.15, -0.1) is 0 Å². The number of pyridine rings is 2. The van der Waals surface area contributed by atoms with E-state index in [1.807, 2.05) is 62.4 Å². The Bertz CT molecular complexity index is 1560. The number of nitrogens with one attached hydrogen (secondary N) is 3. The summed E-state index contributed by atoms with van der Waals surface area (Å²) < 4.78 is 12.2. The molecule has 0 aliphatic carbocycles. The number of benzene rings is 2. The summed E-state index contributed by atoms with van der Waals surface area (Å²) in [5.41, 5.74) is 1.73. The number of ether oxygens (including phenoxy) is 2. The molecule has 2 heterocycles. The van der Waals surface area contributed by atoms with Gasteiger partial charge in [-0.1, -0.05) is 74.5 Å². The number of amides is 3. The van der Waals surface area contributed by atoms with Crippen molar-refractivity contribution in [1.29, 1.82) is 0 Å². The molecule has 0 saturated carbocycles. The summed E-state index contributed by atoms with van der Waals surface area (Å²) in [4.78, 5) is 50.7. The van der Waals surface area contributed by atoms with Gasteiger partial charge in [0.1, 0.15) is 11.3 Å². The first kappa shape index (κ1) is 33.4. The van der Waals surface area contributed by atoms with Crippen LogP contribution in [0.3, 0.4) is 0 Å². The first-order chi connectivity index (χ1) is 21.4. The van der Waals surface area contributed by atoms with Gasteiger partial charge < -0.3 is 25.4 Å². The highest BCUT2D eigenvalue weighted by molar-refractivity contribution is 5.94. The monoisotopic (exact) mass is 600 g/mol. The molecule has 3 amide bonds. The van der Waals surface area contributed by atoms with Gasteiger partial charge in [0.15, 0.2) is 0 Å². The van der Waals surface area contributed by atoms with Gasteiger partial charge in [-0.05, 0) is 48.7 Å². The topological polar surface area (TPSA) is 127 Å². The molecule has 10 nitrogen and oxygen atoms in total. The minimum Gasteiger partial charge on any atom is -0.492 e. The van der Waals surface area contributed by atoms with Gasteiger partial charge in [0.25, 0.3) is 11.5 Å². The maximum atomic E-state index is 13.3. The number of carbonyl (C=O) groups excluding carboxylic acids is 3. The SMILES string of the molecule is CC.CCOC(=O)CC(NC(=O)c1ccc2ccc(OCCCNC(=O)NCc3ccccc3)cn2c1=O)c1ccccc1. The second-order valence-electron chi connectivity index (χ2n) is 9.45. The van der Waals surface area contributed by atoms with Gasteiger partial charge in [0.2, 0.25) is 0 Å². The quantitative estimate of drug-likeness (QED) is 0.146. The van der Waals surface area contributed by atoms with Crippen LogP contribution in [0.5, 0.6) is 5.75 Å². The van der Waals surface area contributed by atoms with Crippen molar-refractivity contribution in [2.75, 3.05) is 19.8 Å². The second kappa shape index (κ2) is 17.7. The van der Waals surface area contributed by atoms with E-state index in [0.29, 0.717) is 37.4 Å². The van der Waals surface area contributed by atoms with Gasteiger partial charge >= 0.3 is 12.0 Å². The van der Waals surface area contributed by atoms with Crippen LogP contribution < -0.4 is 26.2 Å². The van der Waals surface area contributed by atoms with E-state index in [0.717, 1.165) is 11.1 Å². The van der Waals surface area contributed by atoms with E-state index in [1.165, 1.54) is 16.7 Å². The molecule has 1 atom stereocenters. The van der Waals surface area contributed by atoms with E-state index < -0.39 is 23.5 Å². The molecule has 0 aliphatic rings. The third-order valence-electron chi connectivity index (χ3n) is 6.42. The molecular formula is C34H40N4O6. The molecule has 1 unspecified atom stereocenters. The normalized spacial score (nSPS) is 11.0. The molecular weight excluding hydrogens is 560 g/mol. The van der Waals surface area contributed by atoms with E-state index >= 15 is 0 Å². The summed E-state index contributed by atoms with van der Waals surface area (Å²) in [6, 6.07) is 24.3. The van der Waals surface area contributed by atoms with Gasteiger partial charge in [-0.2, -0.15) is 0 Å². The summed E-state index contributed by atoms with van der Waals surface area (Å²) >= 11 is 0. The first-order valence-corrected chi connectivity index (χ1v) is 14.8. The van der Waals surface area contributed by atoms with Crippen molar-refractivity contribution < 1.29 is 23.9 Å². The van der Waals surface area contributed by atoms with Gasteiger partial charge in [0.05, 0.1) is 31.9 Å². The molecule has 0 spiro atoms. The largest absolute Gasteiger partial charge is 0.492 e. The molecule has 0 saturated heterocycles. The molecule has 10 heteroatoms. The minimum atomic E-state index is -0.665. The average Bonchev–Trinajstić information content (AvgIpc) is 3.05. The number of carbonyl (C=O) groups is 3. The van der Waals surface area contributed by atoms with Crippen LogP contribution in [-0.2, 0) is 16.1 Å². The minimum absolute atomic E-state index is 0.0693. The first-order valence-electron chi connectivity index (χ1n) is 14.8. The summed E-state index contributed by atoms with van der Waals surface area (Å²) in [5, 5.41) is 8.40. The second-order valence-corrected chi connectivity index (χ2v) is 9.45. The molecule has 2 aromatic heterocycles. The predicted molar refractivity (Wildman–Crippen MR) is 170 cm³/mol. The van der Waals surface area contributed by atoms with Crippen LogP contribution in [0.25, 0.3) is 5.52 Å². The lowest BCUT2D eigenvalue weighted by Crippen LogP contribution is -2.36. The Morgan fingerprint density at radius 3 is 2.25 bits per heavy atom. The van der Waals surface area contributed by atoms with Crippen LogP contribution in [0.4, 0.5) is 4.79 Å². The molecule has 0 aliphatic heterocycles. The number of esters is 1. The Labute approximate surface area is 257 Å². The number of hydrogen-bond donors (Lipinski definition) is 3. The van der Waals surface area contributed by atoms with Crippen LogP contribution in [0.1, 0.15) is 61.1 Å². The van der Waals surface area contributed by atoms with Crippen molar-refractivity contribution in [3.8, 4) is 5.75 Å². The zero-order chi connectivity index (χ0) is 31.7. The highest BCUT2D eigenvalue weighted by Gasteiger charge is 2.22. The van der Waals surface area contributed by atoms with E-state index in [2.05, 4.69) is 16.0 Å². The zero-order valence-electron chi connectivity index (χ0n) is 25.4. The third kappa shape index (κ3) is 10.0. The number of hydrogen-bond acceptors (Lipinski definition) is 6. The Kier molecular flexibility index (Phi) is 13.5. The molecule has 0 radical (unpaired) electrons. The maximum Gasteiger partial charge on any atom is 0.315 e. The molecule has 4 rings (SSSR count). The van der Waals surface area contributed by atoms with Crippen LogP contribution in [0, 0.1) is 0 Å². The predicted octanol–water partition coefficient (Wildman–Crippen LogP) is 5.02. The Hall–Kier alpha value is -5.12. The number of nitrogens with zero attached hydrogens (tertiary/aromatic N) is 1. The van der Waals surface area contributed by atoms with E-state index in [9.17, 15) is 19.2 Å². The summed E-state index contributed by atoms with van der Waals surface area (Å²) in [7, 11) is 0. The summed E-state index contributed by atoms with van der Waals surface area (Å²) in [6.45, 7) is 7.10. The zero-order valence-corrected chi connectivity index (χ0v) is 25.4. The molecule has 0 fully saturated rings. The summed E-state index contributed by atoms with van der Waals surface area (Å²) in [6.07, 6.45) is 2.01. The van der Waals surface area contributed by atoms with Crippen LogP contribution in [0.2, 0.25) is 0 Å². The fourth-order valence-corrected chi connectivity index (χ4v) is 4.30.